The van der Waals surface area contributed by atoms with Crippen molar-refractivity contribution in [1.82, 2.24) is 4.98 Å². The van der Waals surface area contributed by atoms with Crippen LogP contribution in [0.2, 0.25) is 0 Å². The molecule has 0 saturated carbocycles. The lowest BCUT2D eigenvalue weighted by molar-refractivity contribution is 0.416. The summed E-state index contributed by atoms with van der Waals surface area (Å²) in [6.45, 7) is 0. The first kappa shape index (κ1) is 13.8. The molecule has 0 radical (unpaired) electrons. The van der Waals surface area contributed by atoms with Gasteiger partial charge in [-0.2, -0.15) is 0 Å². The van der Waals surface area contributed by atoms with Crippen molar-refractivity contribution in [2.45, 2.75) is 0 Å². The Morgan fingerprint density at radius 2 is 1.38 bits per heavy atom. The summed E-state index contributed by atoms with van der Waals surface area (Å²) in [6.07, 6.45) is 3.62. The molecule has 1 aromatic heterocycles. The third kappa shape index (κ3) is 2.96. The first-order valence-corrected chi connectivity index (χ1v) is 8.12. The minimum Gasteiger partial charge on any atom is -0.494 e. The van der Waals surface area contributed by atoms with Crippen molar-refractivity contribution >= 4 is 23.8 Å². The second kappa shape index (κ2) is 6.51. The second-order valence-electron chi connectivity index (χ2n) is 4.55. The molecule has 3 aromatic rings. The maximum absolute atomic E-state index is 5.52. The van der Waals surface area contributed by atoms with Crippen LogP contribution in [0.1, 0.15) is 0 Å². The molecule has 0 aliphatic heterocycles. The predicted octanol–water partition coefficient (Wildman–Crippen LogP) is 2.85. The van der Waals surface area contributed by atoms with Gasteiger partial charge in [-0.15, -0.1) is 0 Å². The van der Waals surface area contributed by atoms with Crippen molar-refractivity contribution in [3.63, 3.8) is 0 Å². The largest absolute Gasteiger partial charge is 0.494 e. The third-order valence-corrected chi connectivity index (χ3v) is 5.73. The van der Waals surface area contributed by atoms with Crippen LogP contribution in [0, 0.1) is 0 Å². The molecule has 1 heterocycles. The fraction of sp³-hybridized carbons (Fsp3) is 0.0556. The zero-order chi connectivity index (χ0) is 14.5. The quantitative estimate of drug-likeness (QED) is 0.690. The molecule has 0 bridgehead atoms. The van der Waals surface area contributed by atoms with Gasteiger partial charge >= 0.3 is 0 Å². The predicted molar refractivity (Wildman–Crippen MR) is 89.5 cm³/mol. The Morgan fingerprint density at radius 3 is 1.90 bits per heavy atom. The number of methoxy groups -OCH3 is 1. The first-order chi connectivity index (χ1) is 10.4. The third-order valence-electron chi connectivity index (χ3n) is 3.25. The summed E-state index contributed by atoms with van der Waals surface area (Å²) in [6, 6.07) is 23.2. The second-order valence-corrected chi connectivity index (χ2v) is 6.74. The summed E-state index contributed by atoms with van der Waals surface area (Å²) in [5.74, 6) is 0.844. The van der Waals surface area contributed by atoms with Crippen molar-refractivity contribution in [1.29, 1.82) is 0 Å². The highest BCUT2D eigenvalue weighted by Gasteiger charge is 2.19. The van der Waals surface area contributed by atoms with Gasteiger partial charge in [-0.1, -0.05) is 60.7 Å². The number of hydrogen-bond donors (Lipinski definition) is 0. The van der Waals surface area contributed by atoms with Crippen molar-refractivity contribution in [3.8, 4) is 5.75 Å². The van der Waals surface area contributed by atoms with Gasteiger partial charge in [0.05, 0.1) is 13.3 Å². The SMILES string of the molecule is COc1cnccc1P(c1ccccc1)c1ccccc1. The summed E-state index contributed by atoms with van der Waals surface area (Å²) in [7, 11) is 1.06. The van der Waals surface area contributed by atoms with E-state index in [4.69, 9.17) is 4.74 Å². The van der Waals surface area contributed by atoms with Crippen LogP contribution in [0.4, 0.5) is 0 Å². The fourth-order valence-corrected chi connectivity index (χ4v) is 4.68. The van der Waals surface area contributed by atoms with E-state index in [0.717, 1.165) is 5.75 Å². The number of rotatable bonds is 4. The van der Waals surface area contributed by atoms with Gasteiger partial charge in [-0.25, -0.2) is 0 Å². The van der Waals surface area contributed by atoms with Gasteiger partial charge < -0.3 is 4.74 Å². The van der Waals surface area contributed by atoms with Crippen molar-refractivity contribution in [3.05, 3.63) is 79.1 Å². The molecule has 0 unspecified atom stereocenters. The van der Waals surface area contributed by atoms with Crippen molar-refractivity contribution in [2.24, 2.45) is 0 Å². The maximum atomic E-state index is 5.52. The Labute approximate surface area is 126 Å². The zero-order valence-corrected chi connectivity index (χ0v) is 12.7. The summed E-state index contributed by atoms with van der Waals surface area (Å²) in [4.78, 5) is 4.17. The Bertz CT molecular complexity index is 661. The van der Waals surface area contributed by atoms with E-state index in [1.807, 2.05) is 18.3 Å². The summed E-state index contributed by atoms with van der Waals surface area (Å²) < 4.78 is 5.52. The molecule has 0 saturated heterocycles. The van der Waals surface area contributed by atoms with E-state index in [9.17, 15) is 0 Å². The van der Waals surface area contributed by atoms with Gasteiger partial charge in [0, 0.05) is 11.5 Å². The number of ether oxygens (including phenoxy) is 1. The molecule has 0 aliphatic rings. The van der Waals surface area contributed by atoms with E-state index in [0.29, 0.717) is 0 Å². The monoisotopic (exact) mass is 293 g/mol. The van der Waals surface area contributed by atoms with Crippen LogP contribution >= 0.6 is 7.92 Å². The molecule has 2 nitrogen and oxygen atoms in total. The number of aromatic nitrogens is 1. The lowest BCUT2D eigenvalue weighted by Gasteiger charge is -2.21. The van der Waals surface area contributed by atoms with Gasteiger partial charge in [0.1, 0.15) is 5.75 Å². The molecular formula is C18H16NOP. The Morgan fingerprint density at radius 1 is 0.810 bits per heavy atom. The number of pyridine rings is 1. The van der Waals surface area contributed by atoms with Crippen molar-refractivity contribution in [2.75, 3.05) is 7.11 Å². The molecule has 0 N–H and O–H groups in total. The minimum absolute atomic E-state index is 0.638. The molecule has 0 atom stereocenters. The molecule has 3 heteroatoms. The summed E-state index contributed by atoms with van der Waals surface area (Å²) in [5.41, 5.74) is 0. The van der Waals surface area contributed by atoms with E-state index in [2.05, 4.69) is 59.6 Å². The average molecular weight is 293 g/mol. The molecule has 0 amide bonds. The molecule has 104 valence electrons. The van der Waals surface area contributed by atoms with Gasteiger partial charge in [0.15, 0.2) is 0 Å². The lowest BCUT2D eigenvalue weighted by atomic mass is 10.4. The Kier molecular flexibility index (Phi) is 4.28. The highest BCUT2D eigenvalue weighted by molar-refractivity contribution is 7.80. The van der Waals surface area contributed by atoms with Crippen LogP contribution in [0.5, 0.6) is 5.75 Å². The molecule has 0 aliphatic carbocycles. The molecule has 3 rings (SSSR count). The van der Waals surface area contributed by atoms with Crippen LogP contribution in [0.15, 0.2) is 79.1 Å². The minimum atomic E-state index is -0.638. The molecule has 21 heavy (non-hydrogen) atoms. The van der Waals surface area contributed by atoms with Crippen LogP contribution in [0.25, 0.3) is 0 Å². The zero-order valence-electron chi connectivity index (χ0n) is 11.8. The average Bonchev–Trinajstić information content (AvgIpc) is 2.58. The smallest absolute Gasteiger partial charge is 0.145 e. The maximum Gasteiger partial charge on any atom is 0.145 e. The van der Waals surface area contributed by atoms with Crippen molar-refractivity contribution < 1.29 is 4.74 Å². The van der Waals surface area contributed by atoms with Crippen LogP contribution in [-0.2, 0) is 0 Å². The first-order valence-electron chi connectivity index (χ1n) is 6.78. The summed E-state index contributed by atoms with van der Waals surface area (Å²) >= 11 is 0. The standard InChI is InChI=1S/C18H16NOP/c1-20-17-14-19-13-12-18(17)21(15-8-4-2-5-9-15)16-10-6-3-7-11-16/h2-14H,1H3. The molecular weight excluding hydrogens is 277 g/mol. The lowest BCUT2D eigenvalue weighted by Crippen LogP contribution is -2.21. The van der Waals surface area contributed by atoms with Gasteiger partial charge in [-0.05, 0) is 24.6 Å². The Hall–Kier alpha value is -2.18. The number of benzene rings is 2. The van der Waals surface area contributed by atoms with Gasteiger partial charge in [-0.3, -0.25) is 4.98 Å². The van der Waals surface area contributed by atoms with E-state index in [1.54, 1.807) is 13.3 Å². The number of hydrogen-bond acceptors (Lipinski definition) is 2. The van der Waals surface area contributed by atoms with Crippen LogP contribution < -0.4 is 20.7 Å². The van der Waals surface area contributed by atoms with Crippen LogP contribution in [-0.4, -0.2) is 12.1 Å². The van der Waals surface area contributed by atoms with Gasteiger partial charge in [0.25, 0.3) is 0 Å². The molecule has 2 aromatic carbocycles. The Balaban J connectivity index is 2.17. The normalized spacial score (nSPS) is 10.6. The fourth-order valence-electron chi connectivity index (χ4n) is 2.30. The van der Waals surface area contributed by atoms with Crippen LogP contribution in [0.3, 0.4) is 0 Å². The summed E-state index contributed by atoms with van der Waals surface area (Å²) in [5, 5.41) is 3.81. The van der Waals surface area contributed by atoms with E-state index in [-0.39, 0.29) is 0 Å². The topological polar surface area (TPSA) is 22.1 Å². The van der Waals surface area contributed by atoms with Gasteiger partial charge in [0.2, 0.25) is 0 Å². The van der Waals surface area contributed by atoms with E-state index >= 15 is 0 Å². The number of nitrogens with zero attached hydrogens (tertiary/aromatic N) is 1. The molecule has 0 fully saturated rings. The van der Waals surface area contributed by atoms with E-state index in [1.165, 1.54) is 15.9 Å². The highest BCUT2D eigenvalue weighted by atomic mass is 31.1. The highest BCUT2D eigenvalue weighted by Crippen LogP contribution is 2.35. The van der Waals surface area contributed by atoms with E-state index < -0.39 is 7.92 Å². The molecule has 0 spiro atoms.